The average Bonchev–Trinajstić information content (AvgIpc) is 3.58. The number of hydrogen-bond acceptors (Lipinski definition) is 5. The first kappa shape index (κ1) is 23.8. The highest BCUT2D eigenvalue weighted by Crippen LogP contribution is 2.29. The summed E-state index contributed by atoms with van der Waals surface area (Å²) >= 11 is 0. The third kappa shape index (κ3) is 5.50. The number of aromatic nitrogens is 2. The van der Waals surface area contributed by atoms with Gasteiger partial charge in [-0.2, -0.15) is 0 Å². The number of piperidine rings is 1. The highest BCUT2D eigenvalue weighted by Gasteiger charge is 2.33. The SMILES string of the molecule is Cn1cnc(-c2ccc(OC3CCN(C(=O)Cc4ccc(OC5CC5)cc4)C[C@H]3F)c(C(N)=O)c2)c1. The van der Waals surface area contributed by atoms with E-state index in [-0.39, 0.29) is 30.2 Å². The van der Waals surface area contributed by atoms with Crippen LogP contribution in [-0.4, -0.2) is 57.7 Å². The van der Waals surface area contributed by atoms with Crippen LogP contribution in [0.1, 0.15) is 35.2 Å². The fourth-order valence-corrected chi connectivity index (χ4v) is 4.30. The third-order valence-corrected chi connectivity index (χ3v) is 6.46. The van der Waals surface area contributed by atoms with Gasteiger partial charge in [-0.3, -0.25) is 9.59 Å². The normalized spacial score (nSPS) is 19.7. The quantitative estimate of drug-likeness (QED) is 0.520. The summed E-state index contributed by atoms with van der Waals surface area (Å²) in [6.07, 6.45) is 4.30. The van der Waals surface area contributed by atoms with Gasteiger partial charge in [0.25, 0.3) is 5.91 Å². The standard InChI is InChI=1S/C27H29FN4O4/c1-31-15-23(30-16-31)18-4-9-24(21(13-18)27(29)34)36-25-10-11-32(14-22(25)28)26(33)12-17-2-5-19(6-3-17)35-20-7-8-20/h2-6,9,13,15-16,20,22,25H,7-8,10-12,14H2,1H3,(H2,29,34)/t22-,25?/m1/s1. The summed E-state index contributed by atoms with van der Waals surface area (Å²) in [6, 6.07) is 12.5. The van der Waals surface area contributed by atoms with Crippen molar-refractivity contribution in [1.29, 1.82) is 0 Å². The monoisotopic (exact) mass is 492 g/mol. The van der Waals surface area contributed by atoms with Gasteiger partial charge < -0.3 is 24.7 Å². The first-order valence-electron chi connectivity index (χ1n) is 12.1. The molecule has 1 aromatic heterocycles. The Hall–Kier alpha value is -3.88. The molecule has 2 aromatic carbocycles. The van der Waals surface area contributed by atoms with E-state index in [1.54, 1.807) is 29.1 Å². The van der Waals surface area contributed by atoms with Crippen molar-refractivity contribution in [1.82, 2.24) is 14.5 Å². The molecular weight excluding hydrogens is 463 g/mol. The minimum atomic E-state index is -1.40. The van der Waals surface area contributed by atoms with Crippen LogP contribution in [0.4, 0.5) is 4.39 Å². The van der Waals surface area contributed by atoms with Crippen LogP contribution < -0.4 is 15.2 Å². The molecule has 36 heavy (non-hydrogen) atoms. The predicted octanol–water partition coefficient (Wildman–Crippen LogP) is 3.29. The molecule has 2 aliphatic rings. The molecule has 2 amide bonds. The highest BCUT2D eigenvalue weighted by atomic mass is 19.1. The van der Waals surface area contributed by atoms with Crippen LogP contribution >= 0.6 is 0 Å². The number of carbonyl (C=O) groups excluding carboxylic acids is 2. The zero-order chi connectivity index (χ0) is 25.2. The molecule has 188 valence electrons. The molecule has 0 radical (unpaired) electrons. The molecule has 2 N–H and O–H groups in total. The summed E-state index contributed by atoms with van der Waals surface area (Å²) in [4.78, 5) is 30.7. The molecule has 1 unspecified atom stereocenters. The number of halogens is 1. The van der Waals surface area contributed by atoms with Gasteiger partial charge in [0.1, 0.15) is 17.6 Å². The number of hydrogen-bond donors (Lipinski definition) is 1. The molecule has 9 heteroatoms. The molecule has 2 atom stereocenters. The summed E-state index contributed by atoms with van der Waals surface area (Å²) in [5, 5.41) is 0. The molecule has 1 aliphatic carbocycles. The van der Waals surface area contributed by atoms with E-state index in [9.17, 15) is 9.59 Å². The smallest absolute Gasteiger partial charge is 0.252 e. The van der Waals surface area contributed by atoms with Gasteiger partial charge in [0, 0.05) is 31.8 Å². The predicted molar refractivity (Wildman–Crippen MR) is 131 cm³/mol. The van der Waals surface area contributed by atoms with Crippen LogP contribution in [0.15, 0.2) is 55.0 Å². The molecule has 3 aromatic rings. The molecule has 1 aliphatic heterocycles. The molecule has 2 heterocycles. The Labute approximate surface area is 208 Å². The van der Waals surface area contributed by atoms with Crippen molar-refractivity contribution in [3.63, 3.8) is 0 Å². The average molecular weight is 493 g/mol. The molecule has 0 bridgehead atoms. The van der Waals surface area contributed by atoms with Crippen LogP contribution in [-0.2, 0) is 18.3 Å². The van der Waals surface area contributed by atoms with Crippen LogP contribution in [0.25, 0.3) is 11.3 Å². The third-order valence-electron chi connectivity index (χ3n) is 6.46. The van der Waals surface area contributed by atoms with E-state index in [4.69, 9.17) is 15.2 Å². The van der Waals surface area contributed by atoms with E-state index in [0.717, 1.165) is 24.2 Å². The number of imidazole rings is 1. The number of nitrogens with two attached hydrogens (primary N) is 1. The second-order valence-electron chi connectivity index (χ2n) is 9.44. The van der Waals surface area contributed by atoms with Gasteiger partial charge in [0.15, 0.2) is 6.17 Å². The number of carbonyl (C=O) groups is 2. The van der Waals surface area contributed by atoms with Crippen molar-refractivity contribution >= 4 is 11.8 Å². The van der Waals surface area contributed by atoms with Crippen LogP contribution in [0.3, 0.4) is 0 Å². The van der Waals surface area contributed by atoms with Crippen LogP contribution in [0.2, 0.25) is 0 Å². The fraction of sp³-hybridized carbons (Fsp3) is 0.370. The van der Waals surface area contributed by atoms with E-state index in [1.165, 1.54) is 4.90 Å². The zero-order valence-corrected chi connectivity index (χ0v) is 20.1. The number of ether oxygens (including phenoxy) is 2. The van der Waals surface area contributed by atoms with Gasteiger partial charge in [-0.15, -0.1) is 0 Å². The van der Waals surface area contributed by atoms with E-state index in [1.807, 2.05) is 37.5 Å². The van der Waals surface area contributed by atoms with E-state index >= 15 is 4.39 Å². The fourth-order valence-electron chi connectivity index (χ4n) is 4.30. The van der Waals surface area contributed by atoms with Crippen molar-refractivity contribution in [2.24, 2.45) is 12.8 Å². The molecule has 1 saturated carbocycles. The Kier molecular flexibility index (Phi) is 6.63. The Morgan fingerprint density at radius 2 is 1.89 bits per heavy atom. The number of aryl methyl sites for hydroxylation is 1. The van der Waals surface area contributed by atoms with E-state index in [0.29, 0.717) is 30.3 Å². The molecule has 2 fully saturated rings. The lowest BCUT2D eigenvalue weighted by Gasteiger charge is -2.35. The lowest BCUT2D eigenvalue weighted by Crippen LogP contribution is -2.49. The second kappa shape index (κ2) is 10.0. The first-order valence-corrected chi connectivity index (χ1v) is 12.1. The molecule has 1 saturated heterocycles. The number of amides is 2. The largest absolute Gasteiger partial charge is 0.490 e. The van der Waals surface area contributed by atoms with Crippen molar-refractivity contribution in [2.45, 2.75) is 44.1 Å². The molecular formula is C27H29FN4O4. The minimum Gasteiger partial charge on any atom is -0.490 e. The van der Waals surface area contributed by atoms with Gasteiger partial charge in [0.05, 0.1) is 36.7 Å². The van der Waals surface area contributed by atoms with Gasteiger partial charge in [0.2, 0.25) is 5.91 Å². The zero-order valence-electron chi connectivity index (χ0n) is 20.1. The lowest BCUT2D eigenvalue weighted by molar-refractivity contribution is -0.134. The van der Waals surface area contributed by atoms with Crippen molar-refractivity contribution in [3.05, 3.63) is 66.1 Å². The number of benzene rings is 2. The van der Waals surface area contributed by atoms with E-state index < -0.39 is 18.2 Å². The topological polar surface area (TPSA) is 99.7 Å². The minimum absolute atomic E-state index is 0.0652. The maximum absolute atomic E-state index is 15.1. The maximum atomic E-state index is 15.1. The van der Waals surface area contributed by atoms with Gasteiger partial charge in [-0.1, -0.05) is 12.1 Å². The summed E-state index contributed by atoms with van der Waals surface area (Å²) in [5.74, 6) is 0.228. The number of primary amides is 1. The summed E-state index contributed by atoms with van der Waals surface area (Å²) in [5.41, 5.74) is 8.00. The Balaban J connectivity index is 1.19. The Bertz CT molecular complexity index is 1250. The molecule has 0 spiro atoms. The molecule has 8 nitrogen and oxygen atoms in total. The van der Waals surface area contributed by atoms with Crippen molar-refractivity contribution in [2.75, 3.05) is 13.1 Å². The summed E-state index contributed by atoms with van der Waals surface area (Å²) < 4.78 is 28.5. The second-order valence-corrected chi connectivity index (χ2v) is 9.44. The van der Waals surface area contributed by atoms with E-state index in [2.05, 4.69) is 4.98 Å². The van der Waals surface area contributed by atoms with Gasteiger partial charge >= 0.3 is 0 Å². The molecule has 5 rings (SSSR count). The summed E-state index contributed by atoms with van der Waals surface area (Å²) in [6.45, 7) is 0.301. The van der Waals surface area contributed by atoms with Crippen molar-refractivity contribution in [3.8, 4) is 22.8 Å². The Morgan fingerprint density at radius 1 is 1.11 bits per heavy atom. The number of rotatable bonds is 8. The number of nitrogens with zero attached hydrogens (tertiary/aromatic N) is 3. The lowest BCUT2D eigenvalue weighted by atomic mass is 10.0. The van der Waals surface area contributed by atoms with Crippen LogP contribution in [0, 0.1) is 0 Å². The maximum Gasteiger partial charge on any atom is 0.252 e. The highest BCUT2D eigenvalue weighted by molar-refractivity contribution is 5.97. The number of likely N-dealkylation sites (tertiary alicyclic amines) is 1. The van der Waals surface area contributed by atoms with Gasteiger partial charge in [-0.25, -0.2) is 9.37 Å². The van der Waals surface area contributed by atoms with Gasteiger partial charge in [-0.05, 0) is 48.7 Å². The Morgan fingerprint density at radius 3 is 2.53 bits per heavy atom. The summed E-state index contributed by atoms with van der Waals surface area (Å²) in [7, 11) is 1.85. The first-order chi connectivity index (χ1) is 17.4. The van der Waals surface area contributed by atoms with Crippen LogP contribution in [0.5, 0.6) is 11.5 Å². The number of alkyl halides is 1. The van der Waals surface area contributed by atoms with Crippen molar-refractivity contribution < 1.29 is 23.5 Å².